The van der Waals surface area contributed by atoms with E-state index in [1.165, 1.54) is 30.1 Å². The zero-order valence-electron chi connectivity index (χ0n) is 12.0. The summed E-state index contributed by atoms with van der Waals surface area (Å²) in [7, 11) is -2.55. The van der Waals surface area contributed by atoms with E-state index in [0.717, 1.165) is 9.87 Å². The van der Waals surface area contributed by atoms with Crippen molar-refractivity contribution < 1.29 is 18.3 Å². The van der Waals surface area contributed by atoms with Gasteiger partial charge in [0.2, 0.25) is 0 Å². The van der Waals surface area contributed by atoms with Gasteiger partial charge in [-0.1, -0.05) is 17.7 Å². The highest BCUT2D eigenvalue weighted by atomic mass is 32.2. The molecule has 0 aromatic heterocycles. The number of rotatable bonds is 1. The minimum atomic E-state index is -4.02. The summed E-state index contributed by atoms with van der Waals surface area (Å²) in [5.74, 6) is -0.0996. The van der Waals surface area contributed by atoms with Crippen molar-refractivity contribution >= 4 is 27.4 Å². The van der Waals surface area contributed by atoms with Crippen molar-refractivity contribution in [1.29, 1.82) is 0 Å². The molecule has 0 bridgehead atoms. The fourth-order valence-corrected chi connectivity index (χ4v) is 3.98. The number of anilines is 2. The molecule has 2 aromatic carbocycles. The van der Waals surface area contributed by atoms with Crippen LogP contribution in [0, 0.1) is 6.92 Å². The molecule has 2 amide bonds. The Hall–Kier alpha value is -2.54. The standard InChI is InChI=1S/C15H14N2O4S/c1-10-3-5-11(6-4-10)17-15(19)16(2)13-9-12(18)7-8-14(13)22(17,20)21/h3-9,18H,1-2H3. The summed E-state index contributed by atoms with van der Waals surface area (Å²) < 4.78 is 26.3. The van der Waals surface area contributed by atoms with Gasteiger partial charge in [0, 0.05) is 13.1 Å². The van der Waals surface area contributed by atoms with Crippen LogP contribution in [0.15, 0.2) is 47.4 Å². The second-order valence-electron chi connectivity index (χ2n) is 5.10. The third-order valence-electron chi connectivity index (χ3n) is 3.55. The minimum absolute atomic E-state index is 0.0204. The number of carbonyl (C=O) groups excluding carboxylic acids is 1. The van der Waals surface area contributed by atoms with Crippen molar-refractivity contribution in [2.24, 2.45) is 0 Å². The quantitative estimate of drug-likeness (QED) is 0.876. The van der Waals surface area contributed by atoms with E-state index in [1.54, 1.807) is 24.3 Å². The summed E-state index contributed by atoms with van der Waals surface area (Å²) in [6.07, 6.45) is 0. The molecule has 0 saturated heterocycles. The summed E-state index contributed by atoms with van der Waals surface area (Å²) in [6, 6.07) is 9.81. The third-order valence-corrected chi connectivity index (χ3v) is 5.30. The zero-order chi connectivity index (χ0) is 16.1. The number of phenols is 1. The van der Waals surface area contributed by atoms with Crippen molar-refractivity contribution in [2.45, 2.75) is 11.8 Å². The number of hydrogen-bond donors (Lipinski definition) is 1. The Kier molecular flexibility index (Phi) is 3.10. The smallest absolute Gasteiger partial charge is 0.342 e. The lowest BCUT2D eigenvalue weighted by atomic mass is 10.2. The molecule has 22 heavy (non-hydrogen) atoms. The van der Waals surface area contributed by atoms with Crippen LogP contribution in [-0.4, -0.2) is 26.6 Å². The molecule has 0 spiro atoms. The Morgan fingerprint density at radius 1 is 1.05 bits per heavy atom. The van der Waals surface area contributed by atoms with Crippen LogP contribution in [0.5, 0.6) is 5.75 Å². The van der Waals surface area contributed by atoms with Crippen molar-refractivity contribution in [3.8, 4) is 5.75 Å². The van der Waals surface area contributed by atoms with Gasteiger partial charge in [-0.3, -0.25) is 4.90 Å². The lowest BCUT2D eigenvalue weighted by molar-refractivity contribution is 0.255. The maximum Gasteiger partial charge on any atom is 0.342 e. The molecule has 0 radical (unpaired) electrons. The van der Waals surface area contributed by atoms with Crippen LogP contribution in [0.4, 0.5) is 16.2 Å². The molecule has 0 fully saturated rings. The first-order valence-electron chi connectivity index (χ1n) is 6.55. The predicted octanol–water partition coefficient (Wildman–Crippen LogP) is 2.47. The summed E-state index contributed by atoms with van der Waals surface area (Å²) >= 11 is 0. The number of phenolic OH excluding ortho intramolecular Hbond substituents is 1. The lowest BCUT2D eigenvalue weighted by Gasteiger charge is -2.34. The summed E-state index contributed by atoms with van der Waals surface area (Å²) in [5, 5.41) is 9.53. The van der Waals surface area contributed by atoms with Crippen LogP contribution in [-0.2, 0) is 10.0 Å². The Morgan fingerprint density at radius 3 is 2.32 bits per heavy atom. The Bertz CT molecular complexity index is 860. The molecule has 0 aliphatic carbocycles. The van der Waals surface area contributed by atoms with Crippen molar-refractivity contribution in [2.75, 3.05) is 16.3 Å². The largest absolute Gasteiger partial charge is 0.508 e. The van der Waals surface area contributed by atoms with Crippen LogP contribution in [0.25, 0.3) is 0 Å². The average Bonchev–Trinajstić information content (AvgIpc) is 2.47. The van der Waals surface area contributed by atoms with E-state index in [1.807, 2.05) is 6.92 Å². The normalized spacial score (nSPS) is 16.5. The van der Waals surface area contributed by atoms with Crippen LogP contribution < -0.4 is 9.21 Å². The molecule has 1 aliphatic heterocycles. The molecule has 0 saturated carbocycles. The van der Waals surface area contributed by atoms with Gasteiger partial charge >= 0.3 is 6.03 Å². The van der Waals surface area contributed by atoms with Gasteiger partial charge in [0.15, 0.2) is 0 Å². The second kappa shape index (κ2) is 4.74. The molecule has 1 heterocycles. The van der Waals surface area contributed by atoms with Crippen LogP contribution in [0.3, 0.4) is 0 Å². The average molecular weight is 318 g/mol. The van der Waals surface area contributed by atoms with Crippen LogP contribution >= 0.6 is 0 Å². The maximum atomic E-state index is 12.8. The van der Waals surface area contributed by atoms with E-state index in [-0.39, 0.29) is 22.0 Å². The molecule has 1 aliphatic rings. The minimum Gasteiger partial charge on any atom is -0.508 e. The molecule has 114 valence electrons. The monoisotopic (exact) mass is 318 g/mol. The molecule has 7 heteroatoms. The molecular formula is C15H14N2O4S. The van der Waals surface area contributed by atoms with Crippen molar-refractivity contribution in [3.63, 3.8) is 0 Å². The molecular weight excluding hydrogens is 304 g/mol. The zero-order valence-corrected chi connectivity index (χ0v) is 12.8. The summed E-state index contributed by atoms with van der Waals surface area (Å²) in [5.41, 5.74) is 1.40. The Labute approximate surface area is 128 Å². The molecule has 2 aromatic rings. The fourth-order valence-electron chi connectivity index (χ4n) is 2.36. The highest BCUT2D eigenvalue weighted by molar-refractivity contribution is 7.94. The first-order valence-corrected chi connectivity index (χ1v) is 7.99. The van der Waals surface area contributed by atoms with Crippen LogP contribution in [0.2, 0.25) is 0 Å². The van der Waals surface area contributed by atoms with E-state index >= 15 is 0 Å². The summed E-state index contributed by atoms with van der Waals surface area (Å²) in [6.45, 7) is 1.88. The SMILES string of the molecule is Cc1ccc(N2C(=O)N(C)c3cc(O)ccc3S2(=O)=O)cc1. The van der Waals surface area contributed by atoms with Gasteiger partial charge in [0.25, 0.3) is 10.0 Å². The van der Waals surface area contributed by atoms with Crippen molar-refractivity contribution in [1.82, 2.24) is 0 Å². The number of urea groups is 1. The Balaban J connectivity index is 2.23. The predicted molar refractivity (Wildman–Crippen MR) is 82.7 cm³/mol. The second-order valence-corrected chi connectivity index (χ2v) is 6.85. The van der Waals surface area contributed by atoms with Crippen LogP contribution in [0.1, 0.15) is 5.56 Å². The number of nitrogens with zero attached hydrogens (tertiary/aromatic N) is 2. The lowest BCUT2D eigenvalue weighted by Crippen LogP contribution is -2.49. The number of sulfonamides is 1. The topological polar surface area (TPSA) is 77.9 Å². The fraction of sp³-hybridized carbons (Fsp3) is 0.133. The number of carbonyl (C=O) groups is 1. The van der Waals surface area contributed by atoms with Gasteiger partial charge in [-0.05, 0) is 31.2 Å². The Morgan fingerprint density at radius 2 is 1.68 bits per heavy atom. The number of aromatic hydroxyl groups is 1. The van der Waals surface area contributed by atoms with E-state index < -0.39 is 16.1 Å². The van der Waals surface area contributed by atoms with Gasteiger partial charge in [0.05, 0.1) is 11.4 Å². The first-order chi connectivity index (χ1) is 10.3. The summed E-state index contributed by atoms with van der Waals surface area (Å²) in [4.78, 5) is 13.7. The first kappa shape index (κ1) is 14.4. The number of fused-ring (bicyclic) bond motifs is 1. The molecule has 3 rings (SSSR count). The number of benzene rings is 2. The molecule has 1 N–H and O–H groups in total. The molecule has 0 unspecified atom stereocenters. The number of hydrogen-bond acceptors (Lipinski definition) is 4. The van der Waals surface area contributed by atoms with Gasteiger partial charge in [-0.2, -0.15) is 4.31 Å². The van der Waals surface area contributed by atoms with Gasteiger partial charge in [-0.25, -0.2) is 13.2 Å². The van der Waals surface area contributed by atoms with E-state index in [4.69, 9.17) is 0 Å². The van der Waals surface area contributed by atoms with Gasteiger partial charge in [-0.15, -0.1) is 0 Å². The molecule has 0 atom stereocenters. The van der Waals surface area contributed by atoms with Crippen molar-refractivity contribution in [3.05, 3.63) is 48.0 Å². The maximum absolute atomic E-state index is 12.8. The van der Waals surface area contributed by atoms with Gasteiger partial charge < -0.3 is 5.11 Å². The number of amides is 2. The van der Waals surface area contributed by atoms with Gasteiger partial charge in [0.1, 0.15) is 10.6 Å². The highest BCUT2D eigenvalue weighted by Crippen LogP contribution is 2.38. The number of aryl methyl sites for hydroxylation is 1. The highest BCUT2D eigenvalue weighted by Gasteiger charge is 2.41. The van der Waals surface area contributed by atoms with E-state index in [0.29, 0.717) is 0 Å². The van der Waals surface area contributed by atoms with E-state index in [9.17, 15) is 18.3 Å². The van der Waals surface area contributed by atoms with E-state index in [2.05, 4.69) is 0 Å². The third kappa shape index (κ3) is 2.01. The molecule has 6 nitrogen and oxygen atoms in total.